The van der Waals surface area contributed by atoms with Crippen molar-refractivity contribution < 1.29 is 10.0 Å². The van der Waals surface area contributed by atoms with Gasteiger partial charge in [0.05, 0.1) is 9.95 Å². The molecule has 0 aliphatic rings. The van der Waals surface area contributed by atoms with Crippen molar-refractivity contribution in [2.45, 2.75) is 23.3 Å². The molecule has 0 bridgehead atoms. The summed E-state index contributed by atoms with van der Waals surface area (Å²) in [6.45, 7) is 2.41. The van der Waals surface area contributed by atoms with E-state index in [1.807, 2.05) is 31.2 Å². The number of non-ortho nitro benzene ring substituents is 1. The van der Waals surface area contributed by atoms with Crippen molar-refractivity contribution in [3.63, 3.8) is 0 Å². The first-order chi connectivity index (χ1) is 12.9. The maximum atomic E-state index is 11.1. The summed E-state index contributed by atoms with van der Waals surface area (Å²) in [5.41, 5.74) is 2.74. The summed E-state index contributed by atoms with van der Waals surface area (Å²) in [6, 6.07) is 17.8. The lowest BCUT2D eigenvalue weighted by Gasteiger charge is -2.12. The van der Waals surface area contributed by atoms with Crippen molar-refractivity contribution >= 4 is 34.7 Å². The van der Waals surface area contributed by atoms with Gasteiger partial charge in [0.15, 0.2) is 0 Å². The highest BCUT2D eigenvalue weighted by Crippen LogP contribution is 2.33. The summed E-state index contributed by atoms with van der Waals surface area (Å²) in [4.78, 5) is 12.7. The smallest absolute Gasteiger partial charge is 0.269 e. The van der Waals surface area contributed by atoms with Gasteiger partial charge in [-0.25, -0.2) is 0 Å². The lowest BCUT2D eigenvalue weighted by Crippen LogP contribution is -2.02. The number of aromatic hydroxyl groups is 1. The Hall–Kier alpha value is -2.70. The Morgan fingerprint density at radius 3 is 2.52 bits per heavy atom. The van der Waals surface area contributed by atoms with Crippen LogP contribution in [0.2, 0.25) is 5.02 Å². The first-order valence-corrected chi connectivity index (χ1v) is 9.36. The van der Waals surface area contributed by atoms with Crippen LogP contribution in [-0.2, 0) is 6.54 Å². The minimum absolute atomic E-state index is 0.00758. The fraction of sp³-hybridized carbons (Fsp3) is 0.100. The van der Waals surface area contributed by atoms with Gasteiger partial charge in [0.2, 0.25) is 0 Å². The lowest BCUT2D eigenvalue weighted by atomic mass is 10.2. The molecule has 0 fully saturated rings. The largest absolute Gasteiger partial charge is 0.506 e. The molecule has 3 rings (SSSR count). The zero-order chi connectivity index (χ0) is 19.4. The number of halogens is 1. The predicted molar refractivity (Wildman–Crippen MR) is 109 cm³/mol. The summed E-state index contributed by atoms with van der Waals surface area (Å²) in [7, 11) is 0. The van der Waals surface area contributed by atoms with Gasteiger partial charge in [-0.3, -0.25) is 10.1 Å². The molecule has 0 atom stereocenters. The van der Waals surface area contributed by atoms with Gasteiger partial charge in [0.25, 0.3) is 5.69 Å². The number of hydrogen-bond donors (Lipinski definition) is 2. The van der Waals surface area contributed by atoms with Gasteiger partial charge in [-0.05, 0) is 48.9 Å². The van der Waals surface area contributed by atoms with E-state index in [0.717, 1.165) is 21.0 Å². The van der Waals surface area contributed by atoms with E-state index in [-0.39, 0.29) is 16.5 Å². The van der Waals surface area contributed by atoms with Gasteiger partial charge in [-0.15, -0.1) is 0 Å². The van der Waals surface area contributed by atoms with Gasteiger partial charge in [0.1, 0.15) is 5.75 Å². The number of nitrogens with one attached hydrogen (secondary N) is 1. The van der Waals surface area contributed by atoms with Gasteiger partial charge >= 0.3 is 0 Å². The standard InChI is InChI=1S/C20H17ClN2O3S/c1-13-2-6-17(7-3-13)27-20-9-5-16(23(25)26)10-14(20)12-22-15-4-8-19(24)18(21)11-15/h2-11,22,24H,12H2,1H3. The third kappa shape index (κ3) is 4.93. The van der Waals surface area contributed by atoms with E-state index in [1.54, 1.807) is 36.0 Å². The van der Waals surface area contributed by atoms with Crippen molar-refractivity contribution in [2.24, 2.45) is 0 Å². The van der Waals surface area contributed by atoms with Crippen LogP contribution in [0.1, 0.15) is 11.1 Å². The normalized spacial score (nSPS) is 10.6. The summed E-state index contributed by atoms with van der Waals surface area (Å²) < 4.78 is 0. The molecule has 0 amide bonds. The van der Waals surface area contributed by atoms with Crippen LogP contribution in [0.25, 0.3) is 0 Å². The van der Waals surface area contributed by atoms with Crippen molar-refractivity contribution in [3.05, 3.63) is 86.9 Å². The first-order valence-electron chi connectivity index (χ1n) is 8.16. The number of rotatable bonds is 6. The van der Waals surface area contributed by atoms with Gasteiger partial charge in [-0.1, -0.05) is 41.1 Å². The molecule has 138 valence electrons. The number of phenols is 1. The van der Waals surface area contributed by atoms with E-state index >= 15 is 0 Å². The molecule has 5 nitrogen and oxygen atoms in total. The van der Waals surface area contributed by atoms with E-state index < -0.39 is 4.92 Å². The molecule has 27 heavy (non-hydrogen) atoms. The summed E-state index contributed by atoms with van der Waals surface area (Å²) in [5, 5.41) is 24.1. The number of nitro groups is 1. The Balaban J connectivity index is 1.85. The van der Waals surface area contributed by atoms with Gasteiger partial charge in [-0.2, -0.15) is 0 Å². The average Bonchev–Trinajstić information content (AvgIpc) is 2.65. The molecule has 0 aromatic heterocycles. The van der Waals surface area contributed by atoms with Crippen LogP contribution in [0, 0.1) is 17.0 Å². The minimum atomic E-state index is -0.402. The topological polar surface area (TPSA) is 75.4 Å². The highest BCUT2D eigenvalue weighted by molar-refractivity contribution is 7.99. The zero-order valence-electron chi connectivity index (χ0n) is 14.5. The molecule has 0 aliphatic heterocycles. The third-order valence-electron chi connectivity index (χ3n) is 3.93. The van der Waals surface area contributed by atoms with Crippen LogP contribution >= 0.6 is 23.4 Å². The molecule has 3 aromatic rings. The molecule has 0 spiro atoms. The number of hydrogen-bond acceptors (Lipinski definition) is 5. The summed E-state index contributed by atoms with van der Waals surface area (Å²) in [6.07, 6.45) is 0. The van der Waals surface area contributed by atoms with Crippen LogP contribution in [0.5, 0.6) is 5.75 Å². The Bertz CT molecular complexity index is 977. The predicted octanol–water partition coefficient (Wildman–Crippen LogP) is 6.03. The van der Waals surface area contributed by atoms with Crippen LogP contribution in [0.3, 0.4) is 0 Å². The third-order valence-corrected chi connectivity index (χ3v) is 5.36. The number of anilines is 1. The van der Waals surface area contributed by atoms with E-state index in [0.29, 0.717) is 6.54 Å². The maximum absolute atomic E-state index is 11.1. The molecule has 0 heterocycles. The zero-order valence-corrected chi connectivity index (χ0v) is 16.1. The molecule has 0 unspecified atom stereocenters. The second-order valence-electron chi connectivity index (χ2n) is 5.98. The first kappa shape index (κ1) is 19.1. The van der Waals surface area contributed by atoms with Crippen molar-refractivity contribution in [1.82, 2.24) is 0 Å². The fourth-order valence-corrected chi connectivity index (χ4v) is 3.57. The molecule has 2 N–H and O–H groups in total. The quantitative estimate of drug-likeness (QED) is 0.300. The van der Waals surface area contributed by atoms with Crippen LogP contribution in [-0.4, -0.2) is 10.0 Å². The maximum Gasteiger partial charge on any atom is 0.269 e. The van der Waals surface area contributed by atoms with Gasteiger partial charge < -0.3 is 10.4 Å². The number of benzene rings is 3. The van der Waals surface area contributed by atoms with Crippen LogP contribution in [0.4, 0.5) is 11.4 Å². The molecule has 0 aliphatic carbocycles. The molecule has 7 heteroatoms. The molecule has 3 aromatic carbocycles. The molecule has 0 saturated carbocycles. The highest BCUT2D eigenvalue weighted by atomic mass is 35.5. The van der Waals surface area contributed by atoms with Crippen LogP contribution < -0.4 is 5.32 Å². The van der Waals surface area contributed by atoms with E-state index in [9.17, 15) is 15.2 Å². The Kier molecular flexibility index (Phi) is 5.88. The SMILES string of the molecule is Cc1ccc(Sc2ccc([N+](=O)[O-])cc2CNc2ccc(O)c(Cl)c2)cc1. The molecule has 0 radical (unpaired) electrons. The van der Waals surface area contributed by atoms with Gasteiger partial charge in [0, 0.05) is 34.2 Å². The second kappa shape index (κ2) is 8.33. The van der Waals surface area contributed by atoms with Crippen molar-refractivity contribution in [3.8, 4) is 5.75 Å². The van der Waals surface area contributed by atoms with Crippen molar-refractivity contribution in [1.29, 1.82) is 0 Å². The van der Waals surface area contributed by atoms with Crippen LogP contribution in [0.15, 0.2) is 70.5 Å². The van der Waals surface area contributed by atoms with E-state index in [4.69, 9.17) is 11.6 Å². The monoisotopic (exact) mass is 400 g/mol. The Labute approximate surface area is 166 Å². The molecule has 0 saturated heterocycles. The summed E-state index contributed by atoms with van der Waals surface area (Å²) >= 11 is 7.49. The minimum Gasteiger partial charge on any atom is -0.506 e. The molecular weight excluding hydrogens is 384 g/mol. The van der Waals surface area contributed by atoms with E-state index in [2.05, 4.69) is 5.32 Å². The second-order valence-corrected chi connectivity index (χ2v) is 7.51. The molecular formula is C20H17ClN2O3S. The lowest BCUT2D eigenvalue weighted by molar-refractivity contribution is -0.385. The van der Waals surface area contributed by atoms with E-state index in [1.165, 1.54) is 17.7 Å². The number of nitrogens with zero attached hydrogens (tertiary/aromatic N) is 1. The Morgan fingerprint density at radius 2 is 1.85 bits per heavy atom. The average molecular weight is 401 g/mol. The number of nitro benzene ring substituents is 1. The number of phenolic OH excluding ortho intramolecular Hbond substituents is 1. The fourth-order valence-electron chi connectivity index (χ4n) is 2.46. The summed E-state index contributed by atoms with van der Waals surface area (Å²) in [5.74, 6) is 0.00758. The van der Waals surface area contributed by atoms with Crippen molar-refractivity contribution in [2.75, 3.05) is 5.32 Å². The number of aryl methyl sites for hydroxylation is 1. The highest BCUT2D eigenvalue weighted by Gasteiger charge is 2.12. The Morgan fingerprint density at radius 1 is 1.11 bits per heavy atom.